The lowest BCUT2D eigenvalue weighted by atomic mass is 9.97. The van der Waals surface area contributed by atoms with E-state index in [1.165, 1.54) is 0 Å². The van der Waals surface area contributed by atoms with Gasteiger partial charge in [0.05, 0.1) is 108 Å². The second-order valence-corrected chi connectivity index (χ2v) is 7.60. The molecule has 0 amide bonds. The van der Waals surface area contributed by atoms with Gasteiger partial charge in [0.15, 0.2) is 0 Å². The molecule has 10 heteroatoms. The Hall–Kier alpha value is -2.75. The van der Waals surface area contributed by atoms with E-state index >= 15 is 0 Å². The third-order valence-electron chi connectivity index (χ3n) is 4.93. The van der Waals surface area contributed by atoms with Crippen molar-refractivity contribution in [1.29, 1.82) is 26.3 Å². The first kappa shape index (κ1) is 32.2. The van der Waals surface area contributed by atoms with Gasteiger partial charge in [-0.05, 0) is 6.42 Å². The fourth-order valence-electron chi connectivity index (χ4n) is 3.31. The highest BCUT2D eigenvalue weighted by molar-refractivity contribution is 4.88. The summed E-state index contributed by atoms with van der Waals surface area (Å²) >= 11 is 0. The zero-order chi connectivity index (χ0) is 26.0. The van der Waals surface area contributed by atoms with Gasteiger partial charge in [-0.2, -0.15) is 26.3 Å². The third kappa shape index (κ3) is 16.5. The number of hydrogen-bond donors (Lipinski definition) is 0. The summed E-state index contributed by atoms with van der Waals surface area (Å²) in [5, 5.41) is 44.8. The van der Waals surface area contributed by atoms with E-state index in [1.54, 1.807) is 0 Å². The van der Waals surface area contributed by atoms with Crippen LogP contribution in [0.2, 0.25) is 0 Å². The van der Waals surface area contributed by atoms with Gasteiger partial charge in [0.25, 0.3) is 0 Å². The lowest BCUT2D eigenvalue weighted by Crippen LogP contribution is -2.51. The van der Waals surface area contributed by atoms with Crippen molar-refractivity contribution in [2.75, 3.05) is 39.6 Å². The standard InChI is InChI=1S/C25H37N5O5/c1-2-3-4-10-22(32-17-6-12-27)24(34-19-8-14-29)25(35-20-9-15-30)23(33-18-7-13-28)21-31-16-5-11-26/h22-25H,2-10,16-21H2,1H3. The Labute approximate surface area is 209 Å². The SMILES string of the molecule is CCCCCC(OCCC#N)C(OCCC#N)C(OCCC#N)C(COCCC#N)OCCC#N. The van der Waals surface area contributed by atoms with Crippen LogP contribution in [0.4, 0.5) is 0 Å². The molecule has 0 aromatic carbocycles. The van der Waals surface area contributed by atoms with Crippen molar-refractivity contribution in [3.05, 3.63) is 0 Å². The summed E-state index contributed by atoms with van der Waals surface area (Å²) in [6.07, 6.45) is 1.93. The summed E-state index contributed by atoms with van der Waals surface area (Å²) in [4.78, 5) is 0. The van der Waals surface area contributed by atoms with E-state index in [9.17, 15) is 0 Å². The molecule has 0 fully saturated rings. The topological polar surface area (TPSA) is 165 Å². The molecule has 4 atom stereocenters. The molecule has 0 aromatic rings. The first-order chi connectivity index (χ1) is 17.2. The first-order valence-electron chi connectivity index (χ1n) is 12.1. The van der Waals surface area contributed by atoms with Gasteiger partial charge in [-0.25, -0.2) is 0 Å². The molecule has 0 saturated heterocycles. The zero-order valence-corrected chi connectivity index (χ0v) is 20.7. The van der Waals surface area contributed by atoms with Gasteiger partial charge in [-0.1, -0.05) is 26.2 Å². The van der Waals surface area contributed by atoms with Gasteiger partial charge < -0.3 is 23.7 Å². The maximum atomic E-state index is 9.03. The number of rotatable bonds is 23. The molecule has 0 aliphatic carbocycles. The van der Waals surface area contributed by atoms with E-state index in [2.05, 4.69) is 25.1 Å². The first-order valence-corrected chi connectivity index (χ1v) is 12.1. The van der Waals surface area contributed by atoms with Crippen molar-refractivity contribution in [2.24, 2.45) is 0 Å². The number of hydrogen-bond acceptors (Lipinski definition) is 10. The molecule has 0 saturated carbocycles. The van der Waals surface area contributed by atoms with Crippen molar-refractivity contribution in [3.63, 3.8) is 0 Å². The van der Waals surface area contributed by atoms with Gasteiger partial charge >= 0.3 is 0 Å². The molecule has 0 spiro atoms. The summed E-state index contributed by atoms with van der Waals surface area (Å²) in [5.41, 5.74) is 0. The number of unbranched alkanes of at least 4 members (excludes halogenated alkanes) is 2. The van der Waals surface area contributed by atoms with Gasteiger partial charge in [0.1, 0.15) is 18.3 Å². The van der Waals surface area contributed by atoms with Crippen LogP contribution in [-0.4, -0.2) is 64.1 Å². The minimum Gasteiger partial charge on any atom is -0.378 e. The highest BCUT2D eigenvalue weighted by atomic mass is 16.6. The van der Waals surface area contributed by atoms with E-state index in [-0.39, 0.29) is 71.7 Å². The van der Waals surface area contributed by atoms with E-state index < -0.39 is 24.4 Å². The molecular weight excluding hydrogens is 450 g/mol. The van der Waals surface area contributed by atoms with Crippen LogP contribution in [0.3, 0.4) is 0 Å². The maximum Gasteiger partial charge on any atom is 0.115 e. The van der Waals surface area contributed by atoms with Crippen molar-refractivity contribution < 1.29 is 23.7 Å². The highest BCUT2D eigenvalue weighted by Gasteiger charge is 2.38. The van der Waals surface area contributed by atoms with Crippen LogP contribution in [0.15, 0.2) is 0 Å². The Bertz CT molecular complexity index is 731. The van der Waals surface area contributed by atoms with Gasteiger partial charge in [-0.3, -0.25) is 0 Å². The van der Waals surface area contributed by atoms with E-state index in [1.807, 2.05) is 12.1 Å². The lowest BCUT2D eigenvalue weighted by molar-refractivity contribution is -0.188. The average Bonchev–Trinajstić information content (AvgIpc) is 2.86. The molecule has 0 aliphatic heterocycles. The minimum atomic E-state index is -0.725. The fourth-order valence-corrected chi connectivity index (χ4v) is 3.31. The summed E-state index contributed by atoms with van der Waals surface area (Å²) in [6.45, 7) is 3.01. The Morgan fingerprint density at radius 3 is 1.46 bits per heavy atom. The summed E-state index contributed by atoms with van der Waals surface area (Å²) in [6, 6.07) is 10.2. The second-order valence-electron chi connectivity index (χ2n) is 7.60. The number of nitrogens with zero attached hydrogens (tertiary/aromatic N) is 5. The normalized spacial score (nSPS) is 13.8. The van der Waals surface area contributed by atoms with Crippen molar-refractivity contribution >= 4 is 0 Å². The van der Waals surface area contributed by atoms with Crippen LogP contribution in [-0.2, 0) is 23.7 Å². The van der Waals surface area contributed by atoms with E-state index in [4.69, 9.17) is 50.0 Å². The summed E-state index contributed by atoms with van der Waals surface area (Å²) in [7, 11) is 0. The molecule has 0 heterocycles. The predicted molar refractivity (Wildman–Crippen MR) is 125 cm³/mol. The summed E-state index contributed by atoms with van der Waals surface area (Å²) < 4.78 is 29.9. The molecule has 0 aromatic heterocycles. The largest absolute Gasteiger partial charge is 0.378 e. The fraction of sp³-hybridized carbons (Fsp3) is 0.800. The van der Waals surface area contributed by atoms with Crippen LogP contribution in [0.1, 0.15) is 64.7 Å². The van der Waals surface area contributed by atoms with Crippen LogP contribution < -0.4 is 0 Å². The number of nitriles is 5. The van der Waals surface area contributed by atoms with Crippen LogP contribution in [0.25, 0.3) is 0 Å². The zero-order valence-electron chi connectivity index (χ0n) is 20.7. The van der Waals surface area contributed by atoms with Crippen molar-refractivity contribution in [1.82, 2.24) is 0 Å². The van der Waals surface area contributed by atoms with Crippen LogP contribution >= 0.6 is 0 Å². The van der Waals surface area contributed by atoms with E-state index in [0.717, 1.165) is 19.3 Å². The Morgan fingerprint density at radius 1 is 0.543 bits per heavy atom. The molecule has 35 heavy (non-hydrogen) atoms. The summed E-state index contributed by atoms with van der Waals surface area (Å²) in [5.74, 6) is 0. The maximum absolute atomic E-state index is 9.03. The predicted octanol–water partition coefficient (Wildman–Crippen LogP) is 3.69. The molecule has 192 valence electrons. The smallest absolute Gasteiger partial charge is 0.115 e. The second kappa shape index (κ2) is 24.4. The Balaban J connectivity index is 5.98. The molecule has 0 bridgehead atoms. The lowest BCUT2D eigenvalue weighted by Gasteiger charge is -2.37. The quantitative estimate of drug-likeness (QED) is 0.194. The molecule has 10 nitrogen and oxygen atoms in total. The van der Waals surface area contributed by atoms with Gasteiger partial charge in [0.2, 0.25) is 0 Å². The Morgan fingerprint density at radius 2 is 0.971 bits per heavy atom. The molecule has 0 N–H and O–H groups in total. The third-order valence-corrected chi connectivity index (χ3v) is 4.93. The number of ether oxygens (including phenoxy) is 5. The van der Waals surface area contributed by atoms with Gasteiger partial charge in [-0.15, -0.1) is 0 Å². The monoisotopic (exact) mass is 487 g/mol. The van der Waals surface area contributed by atoms with E-state index in [0.29, 0.717) is 6.42 Å². The minimum absolute atomic E-state index is 0.0856. The molecule has 0 radical (unpaired) electrons. The molecular formula is C25H37N5O5. The molecule has 0 rings (SSSR count). The molecule has 0 aliphatic rings. The van der Waals surface area contributed by atoms with Crippen LogP contribution in [0, 0.1) is 56.7 Å². The van der Waals surface area contributed by atoms with Gasteiger partial charge in [0, 0.05) is 0 Å². The van der Waals surface area contributed by atoms with Crippen molar-refractivity contribution in [3.8, 4) is 30.3 Å². The van der Waals surface area contributed by atoms with Crippen LogP contribution in [0.5, 0.6) is 0 Å². The average molecular weight is 488 g/mol. The highest BCUT2D eigenvalue weighted by Crippen LogP contribution is 2.23. The molecule has 4 unspecified atom stereocenters. The Kier molecular flexibility index (Phi) is 22.5. The van der Waals surface area contributed by atoms with Crippen molar-refractivity contribution in [2.45, 2.75) is 89.1 Å².